The molecule has 0 saturated heterocycles. The first-order chi connectivity index (χ1) is 12.9. The van der Waals surface area contributed by atoms with E-state index in [1.54, 1.807) is 0 Å². The van der Waals surface area contributed by atoms with E-state index >= 15 is 0 Å². The van der Waals surface area contributed by atoms with Crippen LogP contribution < -0.4 is 24.8 Å². The van der Waals surface area contributed by atoms with Crippen molar-refractivity contribution in [1.29, 1.82) is 0 Å². The average molecular weight is 492 g/mol. The molecule has 0 aromatic heterocycles. The molecule has 0 aliphatic carbocycles. The molecule has 7 heteroatoms. The van der Waals surface area contributed by atoms with Crippen LogP contribution in [0.15, 0.2) is 70.6 Å². The van der Waals surface area contributed by atoms with E-state index in [0.29, 0.717) is 18.2 Å². The third kappa shape index (κ3) is 5.38. The minimum Gasteiger partial charge on any atom is -1.00 e. The van der Waals surface area contributed by atoms with Crippen LogP contribution in [0, 0.1) is 0 Å². The molecule has 30 heavy (non-hydrogen) atoms. The molecule has 0 fully saturated rings. The SMILES string of the molecule is CC1(C)OC(CC2=N[C@H](c3ccccc3)C(C)(C)O2)=N[C@@H]1c1ccccc1.[Cl-].[Cl-].[Ni+2]. The van der Waals surface area contributed by atoms with Gasteiger partial charge in [0.25, 0.3) is 0 Å². The number of nitrogens with zero attached hydrogens (tertiary/aromatic N) is 2. The van der Waals surface area contributed by atoms with E-state index in [-0.39, 0.29) is 64.6 Å². The minimum absolute atomic E-state index is 0. The first-order valence-corrected chi connectivity index (χ1v) is 9.46. The normalized spacial score (nSPS) is 22.8. The Bertz CT molecular complexity index is 813. The van der Waals surface area contributed by atoms with Crippen molar-refractivity contribution in [3.05, 3.63) is 71.8 Å². The second-order valence-electron chi connectivity index (χ2n) is 8.26. The predicted molar refractivity (Wildman–Crippen MR) is 108 cm³/mol. The monoisotopic (exact) mass is 490 g/mol. The average Bonchev–Trinajstić information content (AvgIpc) is 3.11. The number of benzene rings is 2. The fourth-order valence-electron chi connectivity index (χ4n) is 3.89. The zero-order valence-corrected chi connectivity index (χ0v) is 19.9. The second-order valence-corrected chi connectivity index (χ2v) is 8.26. The van der Waals surface area contributed by atoms with Gasteiger partial charge in [-0.3, -0.25) is 0 Å². The Labute approximate surface area is 201 Å². The van der Waals surface area contributed by atoms with E-state index in [2.05, 4.69) is 52.0 Å². The van der Waals surface area contributed by atoms with E-state index in [1.165, 1.54) is 0 Å². The molecule has 2 aliphatic rings. The summed E-state index contributed by atoms with van der Waals surface area (Å²) in [6.07, 6.45) is 0.486. The maximum absolute atomic E-state index is 6.18. The van der Waals surface area contributed by atoms with Crippen molar-refractivity contribution in [3.63, 3.8) is 0 Å². The van der Waals surface area contributed by atoms with Gasteiger partial charge in [-0.25, -0.2) is 9.98 Å². The molecule has 0 unspecified atom stereocenters. The summed E-state index contributed by atoms with van der Waals surface area (Å²) in [5, 5.41) is 0. The molecule has 4 nitrogen and oxygen atoms in total. The van der Waals surface area contributed by atoms with Crippen LogP contribution in [0.2, 0.25) is 0 Å². The van der Waals surface area contributed by atoms with Crippen LogP contribution in [0.5, 0.6) is 0 Å². The van der Waals surface area contributed by atoms with E-state index in [9.17, 15) is 0 Å². The molecule has 2 aromatic carbocycles. The number of aliphatic imine (C=N–C) groups is 2. The fourth-order valence-corrected chi connectivity index (χ4v) is 3.89. The van der Waals surface area contributed by atoms with Gasteiger partial charge in [-0.15, -0.1) is 0 Å². The minimum atomic E-state index is -0.385. The van der Waals surface area contributed by atoms with Crippen molar-refractivity contribution in [2.45, 2.75) is 57.4 Å². The molecule has 0 N–H and O–H groups in total. The van der Waals surface area contributed by atoms with E-state index in [1.807, 2.05) is 36.4 Å². The quantitative estimate of drug-likeness (QED) is 0.530. The summed E-state index contributed by atoms with van der Waals surface area (Å²) in [7, 11) is 0. The summed E-state index contributed by atoms with van der Waals surface area (Å²) in [4.78, 5) is 9.71. The van der Waals surface area contributed by atoms with Gasteiger partial charge in [0, 0.05) is 0 Å². The van der Waals surface area contributed by atoms with Crippen LogP contribution in [0.25, 0.3) is 0 Å². The maximum Gasteiger partial charge on any atom is 2.00 e. The van der Waals surface area contributed by atoms with Crippen molar-refractivity contribution in [3.8, 4) is 0 Å². The summed E-state index contributed by atoms with van der Waals surface area (Å²) in [5.41, 5.74) is 1.55. The summed E-state index contributed by atoms with van der Waals surface area (Å²) in [6.45, 7) is 8.31. The van der Waals surface area contributed by atoms with Gasteiger partial charge < -0.3 is 34.3 Å². The molecular weight excluding hydrogens is 466 g/mol. The summed E-state index contributed by atoms with van der Waals surface area (Å²) in [6, 6.07) is 20.5. The van der Waals surface area contributed by atoms with Gasteiger partial charge in [-0.2, -0.15) is 0 Å². The summed E-state index contributed by atoms with van der Waals surface area (Å²) < 4.78 is 12.4. The predicted octanol–water partition coefficient (Wildman–Crippen LogP) is -0.721. The third-order valence-electron chi connectivity index (χ3n) is 5.16. The maximum atomic E-state index is 6.18. The number of hydrogen-bond donors (Lipinski definition) is 0. The summed E-state index contributed by atoms with van der Waals surface area (Å²) in [5.74, 6) is 1.38. The van der Waals surface area contributed by atoms with Crippen molar-refractivity contribution in [2.75, 3.05) is 0 Å². The van der Waals surface area contributed by atoms with Gasteiger partial charge in [-0.05, 0) is 38.8 Å². The van der Waals surface area contributed by atoms with Crippen molar-refractivity contribution >= 4 is 11.8 Å². The molecule has 0 bridgehead atoms. The van der Waals surface area contributed by atoms with Gasteiger partial charge in [0.15, 0.2) is 11.8 Å². The topological polar surface area (TPSA) is 43.2 Å². The number of rotatable bonds is 4. The van der Waals surface area contributed by atoms with Gasteiger partial charge in [0.1, 0.15) is 23.3 Å². The molecule has 0 saturated carbocycles. The van der Waals surface area contributed by atoms with Crippen LogP contribution in [0.1, 0.15) is 57.3 Å². The van der Waals surface area contributed by atoms with Crippen molar-refractivity contribution in [2.24, 2.45) is 9.98 Å². The summed E-state index contributed by atoms with van der Waals surface area (Å²) >= 11 is 0. The third-order valence-corrected chi connectivity index (χ3v) is 5.16. The molecular formula is C23H26Cl2N2NiO2. The fraction of sp³-hybridized carbons (Fsp3) is 0.391. The van der Waals surface area contributed by atoms with Crippen LogP contribution in [-0.4, -0.2) is 23.0 Å². The van der Waals surface area contributed by atoms with Crippen LogP contribution in [0.4, 0.5) is 0 Å². The zero-order valence-electron chi connectivity index (χ0n) is 17.4. The van der Waals surface area contributed by atoms with Crippen LogP contribution in [0.3, 0.4) is 0 Å². The van der Waals surface area contributed by atoms with E-state index < -0.39 is 0 Å². The molecule has 0 spiro atoms. The van der Waals surface area contributed by atoms with Crippen LogP contribution in [-0.2, 0) is 26.0 Å². The van der Waals surface area contributed by atoms with E-state index in [4.69, 9.17) is 19.5 Å². The molecule has 2 atom stereocenters. The number of hydrogen-bond acceptors (Lipinski definition) is 4. The number of halogens is 2. The molecule has 2 aliphatic heterocycles. The molecule has 0 radical (unpaired) electrons. The first kappa shape index (κ1) is 26.5. The van der Waals surface area contributed by atoms with Crippen molar-refractivity contribution in [1.82, 2.24) is 0 Å². The Hall–Kier alpha value is -1.55. The number of ether oxygens (including phenoxy) is 2. The first-order valence-electron chi connectivity index (χ1n) is 9.46. The van der Waals surface area contributed by atoms with Crippen LogP contribution >= 0.6 is 0 Å². The Morgan fingerprint density at radius 3 is 1.33 bits per heavy atom. The molecule has 2 aromatic rings. The Kier molecular flexibility index (Phi) is 8.98. The Morgan fingerprint density at radius 1 is 0.667 bits per heavy atom. The van der Waals surface area contributed by atoms with E-state index in [0.717, 1.165) is 11.1 Å². The molecule has 164 valence electrons. The smallest absolute Gasteiger partial charge is 1.00 e. The molecule has 0 amide bonds. The van der Waals surface area contributed by atoms with Crippen molar-refractivity contribution < 1.29 is 50.8 Å². The zero-order chi connectivity index (χ0) is 19.1. The Balaban J connectivity index is 0.00000150. The second kappa shape index (κ2) is 10.2. The van der Waals surface area contributed by atoms with Gasteiger partial charge >= 0.3 is 16.5 Å². The largest absolute Gasteiger partial charge is 2.00 e. The molecule has 2 heterocycles. The Morgan fingerprint density at radius 2 is 1.00 bits per heavy atom. The molecule has 4 rings (SSSR count). The van der Waals surface area contributed by atoms with Gasteiger partial charge in [0.05, 0.1) is 6.42 Å². The standard InChI is InChI=1S/C23H26N2O2.2ClH.Ni/c1-22(2)20(16-11-7-5-8-12-16)24-18(26-22)15-19-25-21(23(3,4)27-19)17-13-9-6-10-14-17;;;/h5-14,20-21H,15H2,1-4H3;2*1H;/q;;;+2/p-2/t20-,21-;;;/m1.../s1. The van der Waals surface area contributed by atoms with Gasteiger partial charge in [-0.1, -0.05) is 60.7 Å². The van der Waals surface area contributed by atoms with Gasteiger partial charge in [0.2, 0.25) is 0 Å².